The van der Waals surface area contributed by atoms with E-state index in [0.29, 0.717) is 12.8 Å². The van der Waals surface area contributed by atoms with E-state index in [-0.39, 0.29) is 17.6 Å². The zero-order chi connectivity index (χ0) is 23.5. The fraction of sp³-hybridized carbons (Fsp3) is 0.630. The summed E-state index contributed by atoms with van der Waals surface area (Å²) >= 11 is 1.70. The molecule has 184 valence electrons. The fourth-order valence-electron chi connectivity index (χ4n) is 5.93. The number of unbranched alkanes of at least 4 members (excludes halogenated alkanes) is 4. The van der Waals surface area contributed by atoms with Gasteiger partial charge < -0.3 is 9.88 Å². The number of halogens is 1. The van der Waals surface area contributed by atoms with Crippen molar-refractivity contribution in [1.82, 2.24) is 15.2 Å². The highest BCUT2D eigenvalue weighted by atomic mass is 32.2. The normalized spacial score (nSPS) is 22.1. The Morgan fingerprint density at radius 3 is 2.65 bits per heavy atom. The first-order valence-electron chi connectivity index (χ1n) is 13.0. The molecule has 2 saturated carbocycles. The van der Waals surface area contributed by atoms with Crippen LogP contribution in [0, 0.1) is 11.2 Å². The van der Waals surface area contributed by atoms with Gasteiger partial charge in [-0.2, -0.15) is 0 Å². The highest BCUT2D eigenvalue weighted by Crippen LogP contribution is 2.55. The summed E-state index contributed by atoms with van der Waals surface area (Å²) in [7, 11) is 0. The molecule has 1 atom stereocenters. The number of benzene rings is 1. The van der Waals surface area contributed by atoms with E-state index in [9.17, 15) is 14.0 Å². The number of hydrogen-bond acceptors (Lipinski definition) is 4. The average Bonchev–Trinajstić information content (AvgIpc) is 3.16. The van der Waals surface area contributed by atoms with E-state index in [4.69, 9.17) is 0 Å². The Morgan fingerprint density at radius 1 is 1.09 bits per heavy atom. The lowest BCUT2D eigenvalue weighted by Crippen LogP contribution is -2.52. The van der Waals surface area contributed by atoms with Crippen LogP contribution >= 0.6 is 11.8 Å². The zero-order valence-corrected chi connectivity index (χ0v) is 20.7. The number of imide groups is 1. The molecule has 2 heterocycles. The quantitative estimate of drug-likeness (QED) is 0.243. The number of aromatic nitrogens is 1. The molecule has 7 heteroatoms. The number of carbonyl (C=O) groups is 2. The minimum absolute atomic E-state index is 0.225. The first kappa shape index (κ1) is 23.9. The van der Waals surface area contributed by atoms with Crippen LogP contribution < -0.4 is 10.6 Å². The fourth-order valence-corrected chi connectivity index (χ4v) is 7.02. The molecular formula is C27H36FN3O2S. The van der Waals surface area contributed by atoms with Gasteiger partial charge in [0.15, 0.2) is 0 Å². The molecule has 0 radical (unpaired) electrons. The van der Waals surface area contributed by atoms with Crippen LogP contribution in [0.5, 0.6) is 0 Å². The van der Waals surface area contributed by atoms with Gasteiger partial charge in [-0.05, 0) is 74.8 Å². The molecule has 1 aromatic heterocycles. The zero-order valence-electron chi connectivity index (χ0n) is 19.9. The molecule has 1 aromatic carbocycles. The van der Waals surface area contributed by atoms with E-state index in [1.54, 1.807) is 17.8 Å². The number of nitrogens with zero attached hydrogens (tertiary/aromatic N) is 1. The molecule has 1 spiro atoms. The van der Waals surface area contributed by atoms with Gasteiger partial charge in [0.2, 0.25) is 11.8 Å². The number of piperidine rings is 1. The van der Waals surface area contributed by atoms with Crippen LogP contribution in [-0.2, 0) is 9.59 Å². The van der Waals surface area contributed by atoms with E-state index >= 15 is 0 Å². The smallest absolute Gasteiger partial charge is 0.249 e. The molecule has 1 aliphatic heterocycles. The summed E-state index contributed by atoms with van der Waals surface area (Å²) < 4.78 is 16.1. The Morgan fingerprint density at radius 2 is 1.88 bits per heavy atom. The number of thioether (sulfide) groups is 1. The van der Waals surface area contributed by atoms with Crippen molar-refractivity contribution in [2.24, 2.45) is 5.41 Å². The summed E-state index contributed by atoms with van der Waals surface area (Å²) in [5.74, 6) is 0.205. The lowest BCUT2D eigenvalue weighted by Gasteiger charge is -2.54. The van der Waals surface area contributed by atoms with Gasteiger partial charge in [-0.15, -0.1) is 11.8 Å². The van der Waals surface area contributed by atoms with Crippen molar-refractivity contribution in [1.29, 1.82) is 0 Å². The standard InChI is InChI=1S/C27H36FN3O2S/c28-20-13-19-17-31(23-7-8-25(32)30-26(23)33)18-22(19)24(14-20)34-12-5-3-1-2-4-11-29-21-15-27(16-21)9-6-10-27/h13-14,17-18,21,23,29H,1-12,15-16H2,(H,30,32,33). The van der Waals surface area contributed by atoms with E-state index in [1.807, 2.05) is 17.0 Å². The van der Waals surface area contributed by atoms with Crippen molar-refractivity contribution in [3.8, 4) is 0 Å². The number of hydrogen-bond donors (Lipinski definition) is 2. The third-order valence-electron chi connectivity index (χ3n) is 8.06. The Bertz CT molecular complexity index is 1040. The van der Waals surface area contributed by atoms with Gasteiger partial charge in [0.05, 0.1) is 0 Å². The lowest BCUT2D eigenvalue weighted by atomic mass is 9.54. The van der Waals surface area contributed by atoms with Crippen molar-refractivity contribution in [2.45, 2.75) is 94.0 Å². The minimum Gasteiger partial charge on any atom is -0.341 e. The molecule has 0 bridgehead atoms. The van der Waals surface area contributed by atoms with Crippen molar-refractivity contribution >= 4 is 34.3 Å². The maximum atomic E-state index is 14.2. The Balaban J connectivity index is 1.02. The molecule has 34 heavy (non-hydrogen) atoms. The van der Waals surface area contributed by atoms with Gasteiger partial charge in [-0.1, -0.05) is 25.7 Å². The molecule has 3 fully saturated rings. The Kier molecular flexibility index (Phi) is 7.30. The summed E-state index contributed by atoms with van der Waals surface area (Å²) in [5, 5.41) is 7.91. The van der Waals surface area contributed by atoms with Crippen LogP contribution in [0.1, 0.15) is 83.1 Å². The van der Waals surface area contributed by atoms with Crippen LogP contribution in [0.15, 0.2) is 29.4 Å². The molecule has 1 unspecified atom stereocenters. The summed E-state index contributed by atoms with van der Waals surface area (Å²) in [6, 6.07) is 3.49. The molecular weight excluding hydrogens is 449 g/mol. The van der Waals surface area contributed by atoms with Crippen molar-refractivity contribution in [3.63, 3.8) is 0 Å². The van der Waals surface area contributed by atoms with E-state index in [2.05, 4.69) is 10.6 Å². The third kappa shape index (κ3) is 5.35. The second-order valence-electron chi connectivity index (χ2n) is 10.6. The number of nitrogens with one attached hydrogen (secondary N) is 2. The molecule has 2 N–H and O–H groups in total. The number of rotatable bonds is 11. The largest absolute Gasteiger partial charge is 0.341 e. The number of amides is 2. The summed E-state index contributed by atoms with van der Waals surface area (Å²) in [6.45, 7) is 1.15. The minimum atomic E-state index is -0.413. The molecule has 5 rings (SSSR count). The lowest BCUT2D eigenvalue weighted by molar-refractivity contribution is -0.135. The first-order valence-corrected chi connectivity index (χ1v) is 14.0. The molecule has 5 nitrogen and oxygen atoms in total. The van der Waals surface area contributed by atoms with Gasteiger partial charge in [-0.3, -0.25) is 14.9 Å². The van der Waals surface area contributed by atoms with E-state index in [1.165, 1.54) is 63.9 Å². The second-order valence-corrected chi connectivity index (χ2v) is 11.7. The summed E-state index contributed by atoms with van der Waals surface area (Å²) in [4.78, 5) is 24.6. The molecule has 2 aromatic rings. The Labute approximate surface area is 205 Å². The van der Waals surface area contributed by atoms with Crippen molar-refractivity contribution in [3.05, 3.63) is 30.3 Å². The Hall–Kier alpha value is -1.86. The van der Waals surface area contributed by atoms with Crippen LogP contribution in [0.4, 0.5) is 4.39 Å². The molecule has 3 aliphatic rings. The van der Waals surface area contributed by atoms with E-state index < -0.39 is 6.04 Å². The summed E-state index contributed by atoms with van der Waals surface area (Å²) in [5.41, 5.74) is 0.760. The van der Waals surface area contributed by atoms with Crippen molar-refractivity contribution in [2.75, 3.05) is 12.3 Å². The van der Waals surface area contributed by atoms with E-state index in [0.717, 1.165) is 45.8 Å². The van der Waals surface area contributed by atoms with Gasteiger partial charge in [0.1, 0.15) is 11.9 Å². The van der Waals surface area contributed by atoms with Crippen LogP contribution in [0.3, 0.4) is 0 Å². The van der Waals surface area contributed by atoms with Gasteiger partial charge >= 0.3 is 0 Å². The summed E-state index contributed by atoms with van der Waals surface area (Å²) in [6.07, 6.45) is 17.9. The van der Waals surface area contributed by atoms with Crippen molar-refractivity contribution < 1.29 is 14.0 Å². The van der Waals surface area contributed by atoms with Gasteiger partial charge in [0, 0.05) is 40.5 Å². The first-order chi connectivity index (χ1) is 16.5. The highest BCUT2D eigenvalue weighted by molar-refractivity contribution is 7.99. The monoisotopic (exact) mass is 485 g/mol. The maximum Gasteiger partial charge on any atom is 0.249 e. The maximum absolute atomic E-state index is 14.2. The van der Waals surface area contributed by atoms with Crippen LogP contribution in [-0.4, -0.2) is 34.7 Å². The third-order valence-corrected chi connectivity index (χ3v) is 9.20. The topological polar surface area (TPSA) is 63.1 Å². The SMILES string of the molecule is O=C1CCC(n2cc3cc(F)cc(SCCCCCCCNC4CC5(CCC5)C4)c3c2)C(=O)N1. The number of fused-ring (bicyclic) bond motifs is 1. The predicted octanol–water partition coefficient (Wildman–Crippen LogP) is 5.72. The van der Waals surface area contributed by atoms with Gasteiger partial charge in [-0.25, -0.2) is 4.39 Å². The molecule has 2 aliphatic carbocycles. The number of carbonyl (C=O) groups excluding carboxylic acids is 2. The molecule has 2 amide bonds. The van der Waals surface area contributed by atoms with Gasteiger partial charge in [0.25, 0.3) is 0 Å². The molecule has 1 saturated heterocycles. The highest BCUT2D eigenvalue weighted by Gasteiger charge is 2.47. The predicted molar refractivity (Wildman–Crippen MR) is 134 cm³/mol. The second kappa shape index (κ2) is 10.4. The average molecular weight is 486 g/mol. The van der Waals surface area contributed by atoms with Crippen LogP contribution in [0.2, 0.25) is 0 Å². The van der Waals surface area contributed by atoms with Crippen LogP contribution in [0.25, 0.3) is 10.8 Å².